The van der Waals surface area contributed by atoms with Gasteiger partial charge in [-0.15, -0.1) is 0 Å². The summed E-state index contributed by atoms with van der Waals surface area (Å²) in [5, 5.41) is 0. The maximum absolute atomic E-state index is 13.7. The Morgan fingerprint density at radius 2 is 1.18 bits per heavy atom. The second kappa shape index (κ2) is 10.0. The zero-order valence-corrected chi connectivity index (χ0v) is 18.9. The summed E-state index contributed by atoms with van der Waals surface area (Å²) in [6, 6.07) is 24.3. The third kappa shape index (κ3) is 5.16. The van der Waals surface area contributed by atoms with Crippen molar-refractivity contribution in [2.45, 2.75) is 25.0 Å². The maximum Gasteiger partial charge on any atom is 0.447 e. The van der Waals surface area contributed by atoms with E-state index in [2.05, 4.69) is 0 Å². The molecule has 0 saturated heterocycles. The van der Waals surface area contributed by atoms with E-state index in [1.807, 2.05) is 12.1 Å². The van der Waals surface area contributed by atoms with Gasteiger partial charge in [-0.3, -0.25) is 14.5 Å². The summed E-state index contributed by atoms with van der Waals surface area (Å²) in [5.41, 5.74) is 7.16. The summed E-state index contributed by atoms with van der Waals surface area (Å²) in [7, 11) is -3.76. The lowest BCUT2D eigenvalue weighted by Crippen LogP contribution is -2.31. The molecule has 1 atom stereocenters. The van der Waals surface area contributed by atoms with E-state index >= 15 is 0 Å². The van der Waals surface area contributed by atoms with Crippen molar-refractivity contribution in [3.63, 3.8) is 0 Å². The quantitative estimate of drug-likeness (QED) is 0.255. The van der Waals surface area contributed by atoms with Crippen LogP contribution in [0, 0.1) is 0 Å². The summed E-state index contributed by atoms with van der Waals surface area (Å²) in [6.07, 6.45) is 1.39. The second-order valence-corrected chi connectivity index (χ2v) is 9.83. The molecule has 3 aromatic carbocycles. The molecule has 2 amide bonds. The van der Waals surface area contributed by atoms with E-state index in [9.17, 15) is 14.2 Å². The van der Waals surface area contributed by atoms with E-state index in [4.69, 9.17) is 14.8 Å². The molecule has 3 aromatic rings. The van der Waals surface area contributed by atoms with Crippen LogP contribution in [-0.2, 0) is 4.57 Å². The molecule has 0 radical (unpaired) electrons. The minimum atomic E-state index is -3.76. The number of imide groups is 1. The van der Waals surface area contributed by atoms with Crippen molar-refractivity contribution in [2.75, 3.05) is 6.54 Å². The van der Waals surface area contributed by atoms with Gasteiger partial charge in [0.2, 0.25) is 0 Å². The molecule has 0 bridgehead atoms. The van der Waals surface area contributed by atoms with Gasteiger partial charge in [0.1, 0.15) is 17.3 Å². The summed E-state index contributed by atoms with van der Waals surface area (Å²) >= 11 is 0. The molecule has 0 aromatic heterocycles. The zero-order valence-electron chi connectivity index (χ0n) is 18.0. The largest absolute Gasteiger partial charge is 0.447 e. The molecule has 0 saturated carbocycles. The van der Waals surface area contributed by atoms with Crippen molar-refractivity contribution >= 4 is 19.4 Å². The first-order valence-electron chi connectivity index (χ1n) is 10.8. The van der Waals surface area contributed by atoms with Crippen molar-refractivity contribution in [3.05, 3.63) is 96.1 Å². The number of rotatable bonds is 10. The van der Waals surface area contributed by atoms with Crippen LogP contribution >= 0.6 is 7.60 Å². The highest BCUT2D eigenvalue weighted by molar-refractivity contribution is 7.55. The van der Waals surface area contributed by atoms with Gasteiger partial charge in [0.25, 0.3) is 11.8 Å². The van der Waals surface area contributed by atoms with E-state index in [1.165, 1.54) is 4.90 Å². The lowest BCUT2D eigenvalue weighted by atomic mass is 10.1. The minimum absolute atomic E-state index is 0.266. The molecule has 1 unspecified atom stereocenters. The highest BCUT2D eigenvalue weighted by Gasteiger charge is 2.37. The SMILES string of the molecule is NC(CCCCN1C(=O)c2ccccc2C1=O)P(=O)(Oc1ccccc1)Oc1ccccc1. The molecule has 8 heteroatoms. The van der Waals surface area contributed by atoms with Crippen molar-refractivity contribution in [3.8, 4) is 11.5 Å². The zero-order chi connectivity index (χ0) is 23.3. The maximum atomic E-state index is 13.7. The Hall–Kier alpha value is -3.41. The average Bonchev–Trinajstić information content (AvgIpc) is 3.07. The smallest absolute Gasteiger partial charge is 0.415 e. The lowest BCUT2D eigenvalue weighted by molar-refractivity contribution is 0.0651. The fourth-order valence-electron chi connectivity index (χ4n) is 3.63. The summed E-state index contributed by atoms with van der Waals surface area (Å²) in [6.45, 7) is 0.266. The Bertz CT molecular complexity index is 1090. The topological polar surface area (TPSA) is 98.9 Å². The van der Waals surface area contributed by atoms with E-state index < -0.39 is 13.4 Å². The molecule has 0 aliphatic carbocycles. The van der Waals surface area contributed by atoms with Crippen LogP contribution in [0.2, 0.25) is 0 Å². The molecule has 0 fully saturated rings. The Morgan fingerprint density at radius 1 is 0.727 bits per heavy atom. The average molecular weight is 464 g/mol. The van der Waals surface area contributed by atoms with Crippen LogP contribution in [0.25, 0.3) is 0 Å². The fraction of sp³-hybridized carbons (Fsp3) is 0.200. The van der Waals surface area contributed by atoms with Gasteiger partial charge in [-0.05, 0) is 55.7 Å². The van der Waals surface area contributed by atoms with E-state index in [-0.39, 0.29) is 18.4 Å². The lowest BCUT2D eigenvalue weighted by Gasteiger charge is -2.25. The number of amides is 2. The minimum Gasteiger partial charge on any atom is -0.415 e. The molecular weight excluding hydrogens is 439 g/mol. The predicted molar refractivity (Wildman–Crippen MR) is 125 cm³/mol. The number of para-hydroxylation sites is 2. The summed E-state index contributed by atoms with van der Waals surface area (Å²) in [5.74, 6) is -0.660. The molecule has 33 heavy (non-hydrogen) atoms. The molecule has 1 aliphatic rings. The molecule has 1 heterocycles. The molecule has 0 spiro atoms. The third-order valence-corrected chi connectivity index (χ3v) is 7.37. The van der Waals surface area contributed by atoms with E-state index in [1.54, 1.807) is 72.8 Å². The second-order valence-electron chi connectivity index (χ2n) is 7.72. The van der Waals surface area contributed by atoms with Gasteiger partial charge in [0.15, 0.2) is 0 Å². The van der Waals surface area contributed by atoms with Crippen molar-refractivity contribution in [1.29, 1.82) is 0 Å². The highest BCUT2D eigenvalue weighted by Crippen LogP contribution is 2.52. The van der Waals surface area contributed by atoms with Gasteiger partial charge >= 0.3 is 7.60 Å². The van der Waals surface area contributed by atoms with Gasteiger partial charge in [-0.25, -0.2) is 4.57 Å². The van der Waals surface area contributed by atoms with Crippen LogP contribution in [0.1, 0.15) is 40.0 Å². The summed E-state index contributed by atoms with van der Waals surface area (Å²) < 4.78 is 25.2. The molecular formula is C25H25N2O5P. The number of unbranched alkanes of at least 4 members (excludes halogenated alkanes) is 1. The first-order chi connectivity index (χ1) is 16.0. The van der Waals surface area contributed by atoms with Gasteiger partial charge < -0.3 is 14.8 Å². The Labute approximate surface area is 192 Å². The van der Waals surface area contributed by atoms with Crippen LogP contribution < -0.4 is 14.8 Å². The van der Waals surface area contributed by atoms with Crippen molar-refractivity contribution in [1.82, 2.24) is 4.90 Å². The Balaban J connectivity index is 1.38. The third-order valence-electron chi connectivity index (χ3n) is 5.37. The first kappa shape index (κ1) is 22.8. The Kier molecular flexibility index (Phi) is 6.92. The number of nitrogens with two attached hydrogens (primary N) is 1. The normalized spacial score (nSPS) is 14.2. The van der Waals surface area contributed by atoms with E-state index in [0.29, 0.717) is 41.9 Å². The number of benzene rings is 3. The van der Waals surface area contributed by atoms with Gasteiger partial charge in [-0.1, -0.05) is 48.5 Å². The van der Waals surface area contributed by atoms with E-state index in [0.717, 1.165) is 0 Å². The standard InChI is InChI=1S/C25H25N2O5P/c26-23(17-9-10-18-27-24(28)21-15-7-8-16-22(21)25(27)29)33(30,31-19-11-3-1-4-12-19)32-20-13-5-2-6-14-20/h1-8,11-16,23H,9-10,17-18,26H2. The number of nitrogens with zero attached hydrogens (tertiary/aromatic N) is 1. The molecule has 4 rings (SSSR count). The molecule has 7 nitrogen and oxygen atoms in total. The fourth-order valence-corrected chi connectivity index (χ4v) is 5.27. The molecule has 1 aliphatic heterocycles. The first-order valence-corrected chi connectivity index (χ1v) is 12.4. The highest BCUT2D eigenvalue weighted by atomic mass is 31.2. The number of hydrogen-bond donors (Lipinski definition) is 1. The van der Waals surface area contributed by atoms with Gasteiger partial charge in [0, 0.05) is 6.54 Å². The number of hydrogen-bond acceptors (Lipinski definition) is 6. The van der Waals surface area contributed by atoms with Crippen molar-refractivity contribution < 1.29 is 23.2 Å². The summed E-state index contributed by atoms with van der Waals surface area (Å²) in [4.78, 5) is 26.2. The number of carbonyl (C=O) groups excluding carboxylic acids is 2. The molecule has 170 valence electrons. The van der Waals surface area contributed by atoms with Gasteiger partial charge in [-0.2, -0.15) is 0 Å². The van der Waals surface area contributed by atoms with Crippen LogP contribution in [0.5, 0.6) is 11.5 Å². The van der Waals surface area contributed by atoms with Crippen molar-refractivity contribution in [2.24, 2.45) is 5.73 Å². The van der Waals surface area contributed by atoms with Crippen LogP contribution in [0.15, 0.2) is 84.9 Å². The predicted octanol–water partition coefficient (Wildman–Crippen LogP) is 5.09. The van der Waals surface area contributed by atoms with Crippen LogP contribution in [-0.4, -0.2) is 29.0 Å². The Morgan fingerprint density at radius 3 is 1.67 bits per heavy atom. The molecule has 2 N–H and O–H groups in total. The number of carbonyl (C=O) groups is 2. The number of fused-ring (bicyclic) bond motifs is 1. The van der Waals surface area contributed by atoms with Crippen LogP contribution in [0.4, 0.5) is 0 Å². The van der Waals surface area contributed by atoms with Crippen LogP contribution in [0.3, 0.4) is 0 Å². The monoisotopic (exact) mass is 464 g/mol. The van der Waals surface area contributed by atoms with Gasteiger partial charge in [0.05, 0.1) is 11.1 Å².